The van der Waals surface area contributed by atoms with Crippen LogP contribution in [0.25, 0.3) is 0 Å². The molecule has 0 saturated heterocycles. The summed E-state index contributed by atoms with van der Waals surface area (Å²) in [6, 6.07) is 0. The van der Waals surface area contributed by atoms with E-state index >= 15 is 0 Å². The first-order valence-corrected chi connectivity index (χ1v) is 2.61. The van der Waals surface area contributed by atoms with Crippen molar-refractivity contribution >= 4 is 17.0 Å². The van der Waals surface area contributed by atoms with Crippen molar-refractivity contribution in [3.05, 3.63) is 11.6 Å². The highest BCUT2D eigenvalue weighted by molar-refractivity contribution is 8.93. The Labute approximate surface area is 61.7 Å². The van der Waals surface area contributed by atoms with Crippen LogP contribution in [0.1, 0.15) is 20.3 Å². The van der Waals surface area contributed by atoms with Crippen LogP contribution in [0.5, 0.6) is 0 Å². The van der Waals surface area contributed by atoms with Crippen LogP contribution in [0.3, 0.4) is 0 Å². The lowest BCUT2D eigenvalue weighted by atomic mass is 10.3. The minimum absolute atomic E-state index is 0. The Morgan fingerprint density at radius 3 is 2.12 bits per heavy atom. The van der Waals surface area contributed by atoms with Crippen LogP contribution in [0.4, 0.5) is 0 Å². The molecule has 0 spiro atoms. The molecule has 0 radical (unpaired) electrons. The zero-order chi connectivity index (χ0) is 5.70. The second kappa shape index (κ2) is 7.18. The second-order valence-electron chi connectivity index (χ2n) is 1.86. The quantitative estimate of drug-likeness (QED) is 0.645. The first-order valence-electron chi connectivity index (χ1n) is 2.61. The molecular formula is C6H14BrN. The Bertz CT molecular complexity index is 64.9. The maximum atomic E-state index is 5.23. The van der Waals surface area contributed by atoms with Gasteiger partial charge in [-0.1, -0.05) is 11.6 Å². The van der Waals surface area contributed by atoms with Gasteiger partial charge in [0, 0.05) is 0 Å². The van der Waals surface area contributed by atoms with Crippen molar-refractivity contribution < 1.29 is 0 Å². The van der Waals surface area contributed by atoms with E-state index in [0.717, 1.165) is 13.0 Å². The standard InChI is InChI=1S/C6H13N.BrH/c1-6(2)4-3-5-7;/h4H,3,5,7H2,1-2H3;1H. The number of hydrogen-bond donors (Lipinski definition) is 1. The summed E-state index contributed by atoms with van der Waals surface area (Å²) in [5.74, 6) is 0. The molecule has 1 nitrogen and oxygen atoms in total. The highest BCUT2D eigenvalue weighted by Crippen LogP contribution is 1.89. The molecule has 0 bridgehead atoms. The van der Waals surface area contributed by atoms with Gasteiger partial charge in [-0.15, -0.1) is 17.0 Å². The van der Waals surface area contributed by atoms with Gasteiger partial charge < -0.3 is 5.73 Å². The topological polar surface area (TPSA) is 26.0 Å². The third kappa shape index (κ3) is 9.49. The molecule has 0 saturated carbocycles. The molecule has 0 aliphatic heterocycles. The summed E-state index contributed by atoms with van der Waals surface area (Å²) in [4.78, 5) is 0. The van der Waals surface area contributed by atoms with Crippen LogP contribution >= 0.6 is 17.0 Å². The molecule has 0 atom stereocenters. The van der Waals surface area contributed by atoms with E-state index in [1.807, 2.05) is 0 Å². The molecule has 0 rings (SSSR count). The molecule has 0 aliphatic carbocycles. The molecular weight excluding hydrogens is 166 g/mol. The van der Waals surface area contributed by atoms with E-state index in [1.54, 1.807) is 0 Å². The SMILES string of the molecule is Br.CC(C)=CCCN. The highest BCUT2D eigenvalue weighted by Gasteiger charge is 1.73. The lowest BCUT2D eigenvalue weighted by molar-refractivity contribution is 0.995. The molecule has 0 heterocycles. The van der Waals surface area contributed by atoms with Crippen LogP contribution in [-0.4, -0.2) is 6.54 Å². The van der Waals surface area contributed by atoms with Crippen molar-refractivity contribution in [2.45, 2.75) is 20.3 Å². The Balaban J connectivity index is 0. The molecule has 0 aromatic heterocycles. The molecule has 2 heteroatoms. The third-order valence-electron chi connectivity index (χ3n) is 0.719. The van der Waals surface area contributed by atoms with E-state index in [9.17, 15) is 0 Å². The zero-order valence-corrected chi connectivity index (χ0v) is 7.19. The van der Waals surface area contributed by atoms with Gasteiger partial charge in [0.1, 0.15) is 0 Å². The average molecular weight is 180 g/mol. The van der Waals surface area contributed by atoms with E-state index in [2.05, 4.69) is 19.9 Å². The fourth-order valence-corrected chi connectivity index (χ4v) is 0.372. The fourth-order valence-electron chi connectivity index (χ4n) is 0.372. The fraction of sp³-hybridized carbons (Fsp3) is 0.667. The molecule has 0 fully saturated rings. The molecule has 0 aliphatic rings. The minimum Gasteiger partial charge on any atom is -0.330 e. The van der Waals surface area contributed by atoms with Gasteiger partial charge in [0.05, 0.1) is 0 Å². The molecule has 0 amide bonds. The van der Waals surface area contributed by atoms with E-state index in [0.29, 0.717) is 0 Å². The van der Waals surface area contributed by atoms with Gasteiger partial charge in [-0.2, -0.15) is 0 Å². The number of halogens is 1. The monoisotopic (exact) mass is 179 g/mol. The van der Waals surface area contributed by atoms with Crippen molar-refractivity contribution in [3.8, 4) is 0 Å². The zero-order valence-electron chi connectivity index (χ0n) is 5.48. The number of nitrogens with two attached hydrogens (primary N) is 1. The number of hydrogen-bond acceptors (Lipinski definition) is 1. The van der Waals surface area contributed by atoms with Gasteiger partial charge in [-0.25, -0.2) is 0 Å². The Morgan fingerprint density at radius 2 is 2.00 bits per heavy atom. The predicted molar refractivity (Wildman–Crippen MR) is 43.4 cm³/mol. The summed E-state index contributed by atoms with van der Waals surface area (Å²) in [7, 11) is 0. The van der Waals surface area contributed by atoms with Crippen LogP contribution in [-0.2, 0) is 0 Å². The first kappa shape index (κ1) is 11.0. The maximum Gasteiger partial charge on any atom is -0.00425 e. The van der Waals surface area contributed by atoms with Crippen molar-refractivity contribution in [1.82, 2.24) is 0 Å². The third-order valence-corrected chi connectivity index (χ3v) is 0.719. The Kier molecular flexibility index (Phi) is 9.91. The Morgan fingerprint density at radius 1 is 1.50 bits per heavy atom. The summed E-state index contributed by atoms with van der Waals surface area (Å²) in [5, 5.41) is 0. The van der Waals surface area contributed by atoms with Crippen molar-refractivity contribution in [2.75, 3.05) is 6.54 Å². The van der Waals surface area contributed by atoms with Crippen molar-refractivity contribution in [2.24, 2.45) is 5.73 Å². The average Bonchev–Trinajstić information content (AvgIpc) is 1.61. The Hall–Kier alpha value is 0.180. The molecule has 8 heavy (non-hydrogen) atoms. The van der Waals surface area contributed by atoms with Crippen LogP contribution in [0, 0.1) is 0 Å². The van der Waals surface area contributed by atoms with Crippen molar-refractivity contribution in [1.29, 1.82) is 0 Å². The first-order chi connectivity index (χ1) is 3.27. The van der Waals surface area contributed by atoms with Gasteiger partial charge in [0.15, 0.2) is 0 Å². The molecule has 2 N–H and O–H groups in total. The normalized spacial score (nSPS) is 7.38. The lowest BCUT2D eigenvalue weighted by Gasteiger charge is -1.85. The minimum atomic E-state index is 0. The summed E-state index contributed by atoms with van der Waals surface area (Å²) in [6.45, 7) is 4.93. The highest BCUT2D eigenvalue weighted by atomic mass is 79.9. The van der Waals surface area contributed by atoms with Crippen LogP contribution in [0.2, 0.25) is 0 Å². The smallest absolute Gasteiger partial charge is 0.00425 e. The molecule has 50 valence electrons. The summed E-state index contributed by atoms with van der Waals surface area (Å²) in [6.07, 6.45) is 3.16. The van der Waals surface area contributed by atoms with Gasteiger partial charge in [0.2, 0.25) is 0 Å². The van der Waals surface area contributed by atoms with E-state index < -0.39 is 0 Å². The number of rotatable bonds is 2. The van der Waals surface area contributed by atoms with Gasteiger partial charge >= 0.3 is 0 Å². The van der Waals surface area contributed by atoms with Crippen LogP contribution in [0.15, 0.2) is 11.6 Å². The van der Waals surface area contributed by atoms with Gasteiger partial charge in [-0.3, -0.25) is 0 Å². The molecule has 0 unspecified atom stereocenters. The maximum absolute atomic E-state index is 5.23. The van der Waals surface area contributed by atoms with E-state index in [4.69, 9.17) is 5.73 Å². The largest absolute Gasteiger partial charge is 0.330 e. The summed E-state index contributed by atoms with van der Waals surface area (Å²) < 4.78 is 0. The summed E-state index contributed by atoms with van der Waals surface area (Å²) in [5.41, 5.74) is 6.58. The van der Waals surface area contributed by atoms with Gasteiger partial charge in [-0.05, 0) is 26.8 Å². The van der Waals surface area contributed by atoms with Crippen LogP contribution < -0.4 is 5.73 Å². The predicted octanol–water partition coefficient (Wildman–Crippen LogP) is 1.88. The lowest BCUT2D eigenvalue weighted by Crippen LogP contribution is -1.95. The van der Waals surface area contributed by atoms with E-state index in [-0.39, 0.29) is 17.0 Å². The van der Waals surface area contributed by atoms with Crippen molar-refractivity contribution in [3.63, 3.8) is 0 Å². The second-order valence-corrected chi connectivity index (χ2v) is 1.86. The summed E-state index contributed by atoms with van der Waals surface area (Å²) >= 11 is 0. The molecule has 0 aromatic carbocycles. The number of allylic oxidation sites excluding steroid dienone is 1. The van der Waals surface area contributed by atoms with Gasteiger partial charge in [0.25, 0.3) is 0 Å². The van der Waals surface area contributed by atoms with E-state index in [1.165, 1.54) is 5.57 Å². The molecule has 0 aromatic rings.